The summed E-state index contributed by atoms with van der Waals surface area (Å²) >= 11 is 7.72. The molecular weight excluding hydrogens is 342 g/mol. The van der Waals surface area contributed by atoms with Crippen LogP contribution < -0.4 is 0 Å². The summed E-state index contributed by atoms with van der Waals surface area (Å²) in [4.78, 5) is 16.0. The Labute approximate surface area is 147 Å². The number of carboxylic acid groups (broad SMARTS) is 1. The number of aromatic carboxylic acids is 1. The average molecular weight is 354 g/mol. The van der Waals surface area contributed by atoms with Gasteiger partial charge in [0.25, 0.3) is 0 Å². The van der Waals surface area contributed by atoms with E-state index >= 15 is 0 Å². The molecule has 0 fully saturated rings. The maximum absolute atomic E-state index is 11.2. The molecule has 3 nitrogen and oxygen atoms in total. The monoisotopic (exact) mass is 353 g/mol. The van der Waals surface area contributed by atoms with E-state index in [1.54, 1.807) is 23.5 Å². The molecule has 118 valence electrons. The Morgan fingerprint density at radius 1 is 1.12 bits per heavy atom. The zero-order valence-corrected chi connectivity index (χ0v) is 14.1. The molecule has 0 aliphatic rings. The molecule has 24 heavy (non-hydrogen) atoms. The second-order valence-electron chi connectivity index (χ2n) is 5.57. The fraction of sp³-hybridized carbons (Fsp3) is 0.0526. The summed E-state index contributed by atoms with van der Waals surface area (Å²) in [7, 11) is 0. The molecule has 0 radical (unpaired) electrons. The van der Waals surface area contributed by atoms with Crippen molar-refractivity contribution in [2.24, 2.45) is 0 Å². The molecule has 0 saturated heterocycles. The van der Waals surface area contributed by atoms with E-state index in [1.165, 1.54) is 0 Å². The lowest BCUT2D eigenvalue weighted by molar-refractivity contribution is 0.0697. The zero-order chi connectivity index (χ0) is 16.7. The predicted octanol–water partition coefficient (Wildman–Crippen LogP) is 5.39. The van der Waals surface area contributed by atoms with Crippen LogP contribution in [0.25, 0.3) is 21.0 Å². The smallest absolute Gasteiger partial charge is 0.335 e. The first-order valence-electron chi connectivity index (χ1n) is 7.39. The molecule has 0 atom stereocenters. The van der Waals surface area contributed by atoms with Gasteiger partial charge >= 0.3 is 5.97 Å². The van der Waals surface area contributed by atoms with Gasteiger partial charge in [0, 0.05) is 26.9 Å². The van der Waals surface area contributed by atoms with Crippen molar-refractivity contribution in [3.63, 3.8) is 0 Å². The summed E-state index contributed by atoms with van der Waals surface area (Å²) in [6.07, 6.45) is 0.654. The number of pyridine rings is 1. The Hall–Kier alpha value is -2.43. The Balaban J connectivity index is 1.92. The molecule has 4 aromatic rings. The fourth-order valence-corrected chi connectivity index (χ4v) is 4.04. The molecule has 0 aliphatic carbocycles. The summed E-state index contributed by atoms with van der Waals surface area (Å²) in [5.41, 5.74) is 2.97. The highest BCUT2D eigenvalue weighted by molar-refractivity contribution is 7.18. The minimum atomic E-state index is -0.943. The van der Waals surface area contributed by atoms with Crippen LogP contribution in [0.2, 0.25) is 5.02 Å². The number of halogens is 1. The molecule has 4 rings (SSSR count). The highest BCUT2D eigenvalue weighted by Gasteiger charge is 2.12. The van der Waals surface area contributed by atoms with Gasteiger partial charge in [-0.25, -0.2) is 4.79 Å². The average Bonchev–Trinajstić information content (AvgIpc) is 3.04. The van der Waals surface area contributed by atoms with E-state index in [0.717, 1.165) is 26.7 Å². The lowest BCUT2D eigenvalue weighted by Gasteiger charge is -2.08. The number of aromatic nitrogens is 1. The molecule has 1 N–H and O–H groups in total. The summed E-state index contributed by atoms with van der Waals surface area (Å²) in [6.45, 7) is 0. The maximum atomic E-state index is 11.2. The van der Waals surface area contributed by atoms with E-state index in [4.69, 9.17) is 16.6 Å². The SMILES string of the molecule is O=C(O)c1ccc2c(c1)nc(Cc1cccc(Cl)c1)c1ccsc12. The molecule has 2 aromatic heterocycles. The highest BCUT2D eigenvalue weighted by atomic mass is 35.5. The molecule has 0 aliphatic heterocycles. The van der Waals surface area contributed by atoms with Gasteiger partial charge in [-0.15, -0.1) is 11.3 Å². The minimum Gasteiger partial charge on any atom is -0.478 e. The van der Waals surface area contributed by atoms with Crippen LogP contribution in [0.15, 0.2) is 53.9 Å². The van der Waals surface area contributed by atoms with Crippen LogP contribution in [0, 0.1) is 0 Å². The molecule has 5 heteroatoms. The largest absolute Gasteiger partial charge is 0.478 e. The minimum absolute atomic E-state index is 0.250. The maximum Gasteiger partial charge on any atom is 0.335 e. The van der Waals surface area contributed by atoms with Crippen molar-refractivity contribution in [3.8, 4) is 0 Å². The second-order valence-corrected chi connectivity index (χ2v) is 6.92. The number of thiophene rings is 1. The van der Waals surface area contributed by atoms with Crippen molar-refractivity contribution in [1.82, 2.24) is 4.98 Å². The third-order valence-electron chi connectivity index (χ3n) is 3.98. The second kappa shape index (κ2) is 5.89. The Morgan fingerprint density at radius 2 is 2.00 bits per heavy atom. The van der Waals surface area contributed by atoms with Gasteiger partial charge in [-0.1, -0.05) is 29.8 Å². The summed E-state index contributed by atoms with van der Waals surface area (Å²) in [5, 5.41) is 14.0. The van der Waals surface area contributed by atoms with E-state index < -0.39 is 5.97 Å². The van der Waals surface area contributed by atoms with Crippen LogP contribution in [0.4, 0.5) is 0 Å². The molecular formula is C19H12ClNO2S. The Bertz CT molecular complexity index is 1090. The van der Waals surface area contributed by atoms with E-state index in [9.17, 15) is 9.90 Å². The molecule has 0 unspecified atom stereocenters. The van der Waals surface area contributed by atoms with Gasteiger partial charge in [0.1, 0.15) is 0 Å². The highest BCUT2D eigenvalue weighted by Crippen LogP contribution is 2.32. The molecule has 2 heterocycles. The number of carboxylic acids is 1. The molecule has 0 saturated carbocycles. The van der Waals surface area contributed by atoms with Gasteiger partial charge in [-0.05, 0) is 41.3 Å². The first-order valence-corrected chi connectivity index (χ1v) is 8.65. The van der Waals surface area contributed by atoms with Crippen molar-refractivity contribution in [2.75, 3.05) is 0 Å². The first-order chi connectivity index (χ1) is 11.6. The van der Waals surface area contributed by atoms with E-state index in [0.29, 0.717) is 17.0 Å². The number of benzene rings is 2. The summed E-state index contributed by atoms with van der Waals surface area (Å²) < 4.78 is 1.13. The lowest BCUT2D eigenvalue weighted by Crippen LogP contribution is -1.98. The third-order valence-corrected chi connectivity index (χ3v) is 5.16. The Morgan fingerprint density at radius 3 is 2.79 bits per heavy atom. The summed E-state index contributed by atoms with van der Waals surface area (Å²) in [5.74, 6) is -0.943. The van der Waals surface area contributed by atoms with Crippen molar-refractivity contribution in [2.45, 2.75) is 6.42 Å². The van der Waals surface area contributed by atoms with Gasteiger partial charge < -0.3 is 5.11 Å². The van der Waals surface area contributed by atoms with Crippen LogP contribution in [0.5, 0.6) is 0 Å². The lowest BCUT2D eigenvalue weighted by atomic mass is 10.0. The number of nitrogens with zero attached hydrogens (tertiary/aromatic N) is 1. The number of hydrogen-bond acceptors (Lipinski definition) is 3. The number of hydrogen-bond donors (Lipinski definition) is 1. The number of fused-ring (bicyclic) bond motifs is 3. The van der Waals surface area contributed by atoms with Crippen molar-refractivity contribution >= 4 is 49.9 Å². The number of carbonyl (C=O) groups is 1. The molecule has 0 spiro atoms. The van der Waals surface area contributed by atoms with Crippen molar-refractivity contribution in [3.05, 3.63) is 75.8 Å². The van der Waals surface area contributed by atoms with Gasteiger partial charge in [0.05, 0.1) is 16.8 Å². The molecule has 0 bridgehead atoms. The Kier molecular flexibility index (Phi) is 3.71. The topological polar surface area (TPSA) is 50.2 Å². The quantitative estimate of drug-likeness (QED) is 0.537. The number of rotatable bonds is 3. The first kappa shape index (κ1) is 15.1. The van der Waals surface area contributed by atoms with Crippen molar-refractivity contribution < 1.29 is 9.90 Å². The van der Waals surface area contributed by atoms with Crippen LogP contribution in [-0.4, -0.2) is 16.1 Å². The van der Waals surface area contributed by atoms with Crippen molar-refractivity contribution in [1.29, 1.82) is 0 Å². The third kappa shape index (κ3) is 2.64. The van der Waals surface area contributed by atoms with Gasteiger partial charge in [0.2, 0.25) is 0 Å². The predicted molar refractivity (Wildman–Crippen MR) is 98.3 cm³/mol. The normalized spacial score (nSPS) is 11.2. The molecule has 0 amide bonds. The van der Waals surface area contributed by atoms with E-state index in [1.807, 2.05) is 35.7 Å². The van der Waals surface area contributed by atoms with Gasteiger partial charge in [-0.2, -0.15) is 0 Å². The van der Waals surface area contributed by atoms with Gasteiger partial charge in [0.15, 0.2) is 0 Å². The summed E-state index contributed by atoms with van der Waals surface area (Å²) in [6, 6.07) is 14.9. The van der Waals surface area contributed by atoms with Crippen LogP contribution in [0.3, 0.4) is 0 Å². The van der Waals surface area contributed by atoms with Crippen LogP contribution >= 0.6 is 22.9 Å². The van der Waals surface area contributed by atoms with E-state index in [2.05, 4.69) is 6.07 Å². The standard InChI is InChI=1S/C19H12ClNO2S/c20-13-3-1-2-11(8-13)9-16-15-6-7-24-18(15)14-5-4-12(19(22)23)10-17(14)21-16/h1-8,10H,9H2,(H,22,23). The fourth-order valence-electron chi connectivity index (χ4n) is 2.87. The van der Waals surface area contributed by atoms with E-state index in [-0.39, 0.29) is 5.56 Å². The van der Waals surface area contributed by atoms with Crippen LogP contribution in [0.1, 0.15) is 21.6 Å². The zero-order valence-electron chi connectivity index (χ0n) is 12.5. The van der Waals surface area contributed by atoms with Gasteiger partial charge in [-0.3, -0.25) is 4.98 Å². The molecule has 2 aromatic carbocycles. The van der Waals surface area contributed by atoms with Crippen LogP contribution in [-0.2, 0) is 6.42 Å².